The number of hydrogen-bond donors (Lipinski definition) is 0. The summed E-state index contributed by atoms with van der Waals surface area (Å²) in [6, 6.07) is 13.8. The number of halogens is 1. The molecule has 1 fully saturated rings. The number of esters is 1. The number of thioether (sulfide) groups is 1. The second-order valence-electron chi connectivity index (χ2n) is 5.11. The Balaban J connectivity index is 1.87. The number of thiocarbonyl (C=S) groups is 1. The molecule has 126 valence electrons. The SMILES string of the molecule is COC(=O)c1ccc(N2C(=O)C(=Cc3cccc(Cl)c3)SC2=S)cc1. The third-order valence-corrected chi connectivity index (χ3v) is 5.02. The Morgan fingerprint density at radius 3 is 2.60 bits per heavy atom. The molecule has 2 aromatic carbocycles. The van der Waals surface area contributed by atoms with Crippen LogP contribution >= 0.6 is 35.6 Å². The van der Waals surface area contributed by atoms with Crippen molar-refractivity contribution < 1.29 is 14.3 Å². The van der Waals surface area contributed by atoms with Crippen LogP contribution < -0.4 is 4.90 Å². The highest BCUT2D eigenvalue weighted by molar-refractivity contribution is 8.27. The number of methoxy groups -OCH3 is 1. The molecule has 1 aliphatic rings. The Kier molecular flexibility index (Phi) is 5.22. The van der Waals surface area contributed by atoms with Gasteiger partial charge in [-0.2, -0.15) is 0 Å². The Morgan fingerprint density at radius 1 is 1.24 bits per heavy atom. The standard InChI is InChI=1S/C18H12ClNO3S2/c1-23-17(22)12-5-7-14(8-6-12)20-16(21)15(25-18(20)24)10-11-3-2-4-13(19)9-11/h2-10H,1H3. The molecule has 1 saturated heterocycles. The quantitative estimate of drug-likeness (QED) is 0.438. The summed E-state index contributed by atoms with van der Waals surface area (Å²) in [5.41, 5.74) is 1.84. The van der Waals surface area contributed by atoms with Crippen LogP contribution in [0.1, 0.15) is 15.9 Å². The minimum absolute atomic E-state index is 0.208. The molecule has 1 amide bonds. The van der Waals surface area contributed by atoms with Gasteiger partial charge in [-0.05, 0) is 48.0 Å². The van der Waals surface area contributed by atoms with Gasteiger partial charge in [0.1, 0.15) is 0 Å². The van der Waals surface area contributed by atoms with Crippen molar-refractivity contribution in [2.24, 2.45) is 0 Å². The highest BCUT2D eigenvalue weighted by Gasteiger charge is 2.33. The first kappa shape index (κ1) is 17.7. The summed E-state index contributed by atoms with van der Waals surface area (Å²) in [5.74, 6) is -0.640. The highest BCUT2D eigenvalue weighted by Crippen LogP contribution is 2.36. The average Bonchev–Trinajstić information content (AvgIpc) is 2.88. The van der Waals surface area contributed by atoms with Gasteiger partial charge in [0.25, 0.3) is 5.91 Å². The lowest BCUT2D eigenvalue weighted by molar-refractivity contribution is -0.113. The van der Waals surface area contributed by atoms with E-state index in [0.29, 0.717) is 25.5 Å². The number of carbonyl (C=O) groups is 2. The zero-order valence-electron chi connectivity index (χ0n) is 13.1. The second-order valence-corrected chi connectivity index (χ2v) is 7.22. The van der Waals surface area contributed by atoms with Crippen molar-refractivity contribution in [1.82, 2.24) is 0 Å². The van der Waals surface area contributed by atoms with Gasteiger partial charge in [0.15, 0.2) is 4.32 Å². The lowest BCUT2D eigenvalue weighted by Crippen LogP contribution is -2.27. The highest BCUT2D eigenvalue weighted by atomic mass is 35.5. The van der Waals surface area contributed by atoms with E-state index >= 15 is 0 Å². The number of amides is 1. The number of carbonyl (C=O) groups excluding carboxylic acids is 2. The van der Waals surface area contributed by atoms with Gasteiger partial charge < -0.3 is 4.74 Å². The fourth-order valence-corrected chi connectivity index (χ4v) is 3.80. The molecule has 0 radical (unpaired) electrons. The lowest BCUT2D eigenvalue weighted by Gasteiger charge is -2.14. The summed E-state index contributed by atoms with van der Waals surface area (Å²) in [6.07, 6.45) is 1.76. The zero-order chi connectivity index (χ0) is 18.0. The molecule has 1 aliphatic heterocycles. The predicted octanol–water partition coefficient (Wildman–Crippen LogP) is 4.53. The van der Waals surface area contributed by atoms with Gasteiger partial charge in [-0.1, -0.05) is 47.7 Å². The van der Waals surface area contributed by atoms with Crippen LogP contribution in [-0.2, 0) is 9.53 Å². The van der Waals surface area contributed by atoms with Gasteiger partial charge >= 0.3 is 5.97 Å². The first-order chi connectivity index (χ1) is 12.0. The largest absolute Gasteiger partial charge is 0.465 e. The molecule has 0 aliphatic carbocycles. The van der Waals surface area contributed by atoms with Crippen molar-refractivity contribution in [1.29, 1.82) is 0 Å². The van der Waals surface area contributed by atoms with E-state index in [4.69, 9.17) is 23.8 Å². The maximum absolute atomic E-state index is 12.7. The van der Waals surface area contributed by atoms with Crippen molar-refractivity contribution in [3.8, 4) is 0 Å². The first-order valence-corrected chi connectivity index (χ1v) is 8.82. The Bertz CT molecular complexity index is 893. The van der Waals surface area contributed by atoms with E-state index in [1.165, 1.54) is 23.8 Å². The summed E-state index contributed by atoms with van der Waals surface area (Å²) in [4.78, 5) is 26.2. The van der Waals surface area contributed by atoms with Crippen molar-refractivity contribution in [2.75, 3.05) is 12.0 Å². The maximum atomic E-state index is 12.7. The summed E-state index contributed by atoms with van der Waals surface area (Å²) in [6.45, 7) is 0. The van der Waals surface area contributed by atoms with E-state index in [1.807, 2.05) is 12.1 Å². The third kappa shape index (κ3) is 3.76. The fraction of sp³-hybridized carbons (Fsp3) is 0.0556. The Hall–Kier alpha value is -2.15. The Labute approximate surface area is 159 Å². The molecule has 0 aromatic heterocycles. The van der Waals surface area contributed by atoms with Gasteiger partial charge in [0.05, 0.1) is 23.3 Å². The van der Waals surface area contributed by atoms with Crippen LogP contribution in [0.5, 0.6) is 0 Å². The number of nitrogens with zero attached hydrogens (tertiary/aromatic N) is 1. The van der Waals surface area contributed by atoms with Crippen LogP contribution in [0.4, 0.5) is 5.69 Å². The van der Waals surface area contributed by atoms with E-state index in [0.717, 1.165) is 5.56 Å². The van der Waals surface area contributed by atoms with Crippen molar-refractivity contribution in [3.63, 3.8) is 0 Å². The maximum Gasteiger partial charge on any atom is 0.337 e. The number of benzene rings is 2. The van der Waals surface area contributed by atoms with Crippen molar-refractivity contribution >= 4 is 63.5 Å². The van der Waals surface area contributed by atoms with Crippen LogP contribution in [0.3, 0.4) is 0 Å². The van der Waals surface area contributed by atoms with Gasteiger partial charge in [-0.3, -0.25) is 9.69 Å². The van der Waals surface area contributed by atoms with E-state index in [9.17, 15) is 9.59 Å². The predicted molar refractivity (Wildman–Crippen MR) is 105 cm³/mol. The third-order valence-electron chi connectivity index (χ3n) is 3.49. The van der Waals surface area contributed by atoms with Gasteiger partial charge in [-0.15, -0.1) is 0 Å². The van der Waals surface area contributed by atoms with Crippen LogP contribution in [0.25, 0.3) is 6.08 Å². The minimum atomic E-state index is -0.433. The van der Waals surface area contributed by atoms with Gasteiger partial charge in [0.2, 0.25) is 0 Å². The minimum Gasteiger partial charge on any atom is -0.465 e. The molecule has 2 aromatic rings. The van der Waals surface area contributed by atoms with Crippen LogP contribution in [0.15, 0.2) is 53.4 Å². The molecule has 0 bridgehead atoms. The van der Waals surface area contributed by atoms with E-state index in [2.05, 4.69) is 4.74 Å². The number of ether oxygens (including phenoxy) is 1. The second kappa shape index (κ2) is 7.39. The molecular weight excluding hydrogens is 378 g/mol. The molecule has 25 heavy (non-hydrogen) atoms. The summed E-state index contributed by atoms with van der Waals surface area (Å²) in [5, 5.41) is 0.600. The molecule has 0 unspecified atom stereocenters. The molecule has 4 nitrogen and oxygen atoms in total. The van der Waals surface area contributed by atoms with E-state index < -0.39 is 5.97 Å². The number of rotatable bonds is 3. The molecule has 3 rings (SSSR count). The molecule has 1 heterocycles. The van der Waals surface area contributed by atoms with Crippen LogP contribution in [-0.4, -0.2) is 23.3 Å². The molecular formula is C18H12ClNO3S2. The topological polar surface area (TPSA) is 46.6 Å². The molecule has 0 spiro atoms. The van der Waals surface area contributed by atoms with E-state index in [1.54, 1.807) is 42.5 Å². The van der Waals surface area contributed by atoms with Gasteiger partial charge in [-0.25, -0.2) is 4.79 Å². The van der Waals surface area contributed by atoms with Crippen molar-refractivity contribution in [3.05, 3.63) is 69.6 Å². The van der Waals surface area contributed by atoms with Gasteiger partial charge in [0, 0.05) is 5.02 Å². The fourth-order valence-electron chi connectivity index (χ4n) is 2.30. The zero-order valence-corrected chi connectivity index (χ0v) is 15.5. The molecule has 7 heteroatoms. The number of hydrogen-bond acceptors (Lipinski definition) is 5. The van der Waals surface area contributed by atoms with Crippen LogP contribution in [0, 0.1) is 0 Å². The molecule has 0 atom stereocenters. The first-order valence-electron chi connectivity index (χ1n) is 7.21. The molecule has 0 N–H and O–H groups in total. The summed E-state index contributed by atoms with van der Waals surface area (Å²) < 4.78 is 5.10. The monoisotopic (exact) mass is 389 g/mol. The van der Waals surface area contributed by atoms with E-state index in [-0.39, 0.29) is 5.91 Å². The normalized spacial score (nSPS) is 15.8. The lowest BCUT2D eigenvalue weighted by atomic mass is 10.2. The summed E-state index contributed by atoms with van der Waals surface area (Å²) in [7, 11) is 1.32. The molecule has 0 saturated carbocycles. The average molecular weight is 390 g/mol. The Morgan fingerprint density at radius 2 is 1.96 bits per heavy atom. The van der Waals surface area contributed by atoms with Crippen LogP contribution in [0.2, 0.25) is 5.02 Å². The van der Waals surface area contributed by atoms with Crippen molar-refractivity contribution in [2.45, 2.75) is 0 Å². The number of anilines is 1. The summed E-state index contributed by atoms with van der Waals surface area (Å²) >= 11 is 12.5. The smallest absolute Gasteiger partial charge is 0.337 e.